The van der Waals surface area contributed by atoms with Crippen LogP contribution in [0.1, 0.15) is 28.6 Å². The van der Waals surface area contributed by atoms with Gasteiger partial charge in [0.15, 0.2) is 5.78 Å². The summed E-state index contributed by atoms with van der Waals surface area (Å²) in [6.07, 6.45) is 0.133. The average Bonchev–Trinajstić information content (AvgIpc) is 2.80. The molecule has 0 fully saturated rings. The molecule has 0 aliphatic rings. The SMILES string of the molecule is COC(=O)Cc1ccc(-c2noc(C)c2C(C)=O)c(Cl)c1. The third-order valence-corrected chi connectivity index (χ3v) is 3.39. The van der Waals surface area contributed by atoms with Gasteiger partial charge in [0, 0.05) is 5.56 Å². The van der Waals surface area contributed by atoms with Gasteiger partial charge >= 0.3 is 5.97 Å². The Balaban J connectivity index is 2.42. The summed E-state index contributed by atoms with van der Waals surface area (Å²) in [6.45, 7) is 3.12. The van der Waals surface area contributed by atoms with Crippen LogP contribution >= 0.6 is 11.6 Å². The number of Topliss-reactive ketones (excluding diaryl/α,β-unsaturated/α-hetero) is 1. The number of carbonyl (C=O) groups is 2. The molecule has 21 heavy (non-hydrogen) atoms. The van der Waals surface area contributed by atoms with Crippen LogP contribution in [-0.4, -0.2) is 24.0 Å². The van der Waals surface area contributed by atoms with E-state index in [4.69, 9.17) is 16.1 Å². The Hall–Kier alpha value is -2.14. The Bertz CT molecular complexity index is 706. The number of halogens is 1. The van der Waals surface area contributed by atoms with Gasteiger partial charge in [-0.05, 0) is 25.5 Å². The molecule has 0 amide bonds. The lowest BCUT2D eigenvalue weighted by Gasteiger charge is -2.05. The number of esters is 1. The summed E-state index contributed by atoms with van der Waals surface area (Å²) >= 11 is 6.23. The number of nitrogens with zero attached hydrogens (tertiary/aromatic N) is 1. The molecule has 1 heterocycles. The zero-order valence-corrected chi connectivity index (χ0v) is 12.7. The highest BCUT2D eigenvalue weighted by Crippen LogP contribution is 2.32. The van der Waals surface area contributed by atoms with Gasteiger partial charge in [0.2, 0.25) is 0 Å². The fourth-order valence-electron chi connectivity index (χ4n) is 2.07. The second kappa shape index (κ2) is 6.10. The number of ketones is 1. The number of rotatable bonds is 4. The minimum absolute atomic E-state index is 0.133. The largest absolute Gasteiger partial charge is 0.469 e. The molecule has 0 saturated heterocycles. The Morgan fingerprint density at radius 3 is 2.67 bits per heavy atom. The van der Waals surface area contributed by atoms with E-state index in [0.29, 0.717) is 27.6 Å². The first kappa shape index (κ1) is 15.3. The van der Waals surface area contributed by atoms with Crippen LogP contribution in [0.15, 0.2) is 22.7 Å². The molecule has 110 valence electrons. The Morgan fingerprint density at radius 2 is 2.10 bits per heavy atom. The van der Waals surface area contributed by atoms with Crippen molar-refractivity contribution in [3.63, 3.8) is 0 Å². The summed E-state index contributed by atoms with van der Waals surface area (Å²) in [5, 5.41) is 4.30. The fourth-order valence-corrected chi connectivity index (χ4v) is 2.36. The van der Waals surface area contributed by atoms with Gasteiger partial charge in [0.25, 0.3) is 0 Å². The van der Waals surface area contributed by atoms with E-state index in [1.54, 1.807) is 25.1 Å². The average molecular weight is 308 g/mol. The standard InChI is InChI=1S/C15H14ClNO4/c1-8(18)14-9(2)21-17-15(14)11-5-4-10(6-12(11)16)7-13(19)20-3/h4-6H,7H2,1-3H3. The first-order chi connectivity index (χ1) is 9.93. The van der Waals surface area contributed by atoms with Crippen LogP contribution in [0.5, 0.6) is 0 Å². The molecular weight excluding hydrogens is 294 g/mol. The normalized spacial score (nSPS) is 10.5. The summed E-state index contributed by atoms with van der Waals surface area (Å²) in [5.41, 5.74) is 2.14. The lowest BCUT2D eigenvalue weighted by Crippen LogP contribution is -2.04. The predicted octanol–water partition coefficient (Wildman–Crippen LogP) is 3.22. The number of aromatic nitrogens is 1. The molecule has 1 aromatic carbocycles. The number of hydrogen-bond acceptors (Lipinski definition) is 5. The number of aryl methyl sites for hydroxylation is 1. The minimum atomic E-state index is -0.347. The van der Waals surface area contributed by atoms with Gasteiger partial charge in [-0.1, -0.05) is 28.9 Å². The molecule has 6 heteroatoms. The van der Waals surface area contributed by atoms with Gasteiger partial charge in [-0.3, -0.25) is 9.59 Å². The number of ether oxygens (including phenoxy) is 1. The summed E-state index contributed by atoms with van der Waals surface area (Å²) in [6, 6.07) is 5.11. The van der Waals surface area contributed by atoms with Gasteiger partial charge in [-0.25, -0.2) is 0 Å². The molecule has 0 aliphatic heterocycles. The van der Waals surface area contributed by atoms with Crippen molar-refractivity contribution >= 4 is 23.4 Å². The number of benzene rings is 1. The smallest absolute Gasteiger partial charge is 0.309 e. The van der Waals surface area contributed by atoms with Crippen LogP contribution in [0, 0.1) is 6.92 Å². The quantitative estimate of drug-likeness (QED) is 0.640. The molecule has 2 aromatic rings. The summed E-state index contributed by atoms with van der Waals surface area (Å²) < 4.78 is 9.68. The second-order valence-electron chi connectivity index (χ2n) is 4.59. The van der Waals surface area contributed by atoms with E-state index in [0.717, 1.165) is 5.56 Å². The molecule has 1 aromatic heterocycles. The van der Waals surface area contributed by atoms with Crippen molar-refractivity contribution in [3.8, 4) is 11.3 Å². The molecule has 5 nitrogen and oxygen atoms in total. The van der Waals surface area contributed by atoms with Gasteiger partial charge in [0.1, 0.15) is 11.5 Å². The molecule has 0 aliphatic carbocycles. The third-order valence-electron chi connectivity index (χ3n) is 3.08. The van der Waals surface area contributed by atoms with Gasteiger partial charge < -0.3 is 9.26 Å². The second-order valence-corrected chi connectivity index (χ2v) is 4.99. The highest BCUT2D eigenvalue weighted by atomic mass is 35.5. The lowest BCUT2D eigenvalue weighted by molar-refractivity contribution is -0.139. The summed E-state index contributed by atoms with van der Waals surface area (Å²) in [5.74, 6) is -0.0359. The first-order valence-electron chi connectivity index (χ1n) is 6.27. The fraction of sp³-hybridized carbons (Fsp3) is 0.267. The van der Waals surface area contributed by atoms with Crippen LogP contribution in [0.4, 0.5) is 0 Å². The molecule has 0 spiro atoms. The zero-order valence-electron chi connectivity index (χ0n) is 11.9. The third kappa shape index (κ3) is 3.13. The van der Waals surface area contributed by atoms with Crippen molar-refractivity contribution in [1.29, 1.82) is 0 Å². The molecule has 2 rings (SSSR count). The van der Waals surface area contributed by atoms with Crippen molar-refractivity contribution in [1.82, 2.24) is 5.16 Å². The predicted molar refractivity (Wildman–Crippen MR) is 77.4 cm³/mol. The lowest BCUT2D eigenvalue weighted by atomic mass is 10.0. The van der Waals surface area contributed by atoms with E-state index in [2.05, 4.69) is 9.89 Å². The van der Waals surface area contributed by atoms with E-state index in [1.807, 2.05) is 0 Å². The molecule has 0 bridgehead atoms. The van der Waals surface area contributed by atoms with Gasteiger partial charge in [0.05, 0.1) is 24.1 Å². The number of methoxy groups -OCH3 is 1. The number of hydrogen-bond donors (Lipinski definition) is 0. The first-order valence-corrected chi connectivity index (χ1v) is 6.64. The monoisotopic (exact) mass is 307 g/mol. The molecule has 0 atom stereocenters. The highest BCUT2D eigenvalue weighted by molar-refractivity contribution is 6.33. The highest BCUT2D eigenvalue weighted by Gasteiger charge is 2.20. The van der Waals surface area contributed by atoms with Crippen LogP contribution < -0.4 is 0 Å². The topological polar surface area (TPSA) is 69.4 Å². The summed E-state index contributed by atoms with van der Waals surface area (Å²) in [7, 11) is 1.33. The molecule has 0 unspecified atom stereocenters. The van der Waals surface area contributed by atoms with E-state index < -0.39 is 0 Å². The number of carbonyl (C=O) groups excluding carboxylic acids is 2. The minimum Gasteiger partial charge on any atom is -0.469 e. The summed E-state index contributed by atoms with van der Waals surface area (Å²) in [4.78, 5) is 22.9. The van der Waals surface area contributed by atoms with Crippen LogP contribution in [0.3, 0.4) is 0 Å². The van der Waals surface area contributed by atoms with E-state index in [-0.39, 0.29) is 18.2 Å². The van der Waals surface area contributed by atoms with Crippen molar-refractivity contribution in [3.05, 3.63) is 40.1 Å². The molecule has 0 radical (unpaired) electrons. The van der Waals surface area contributed by atoms with E-state index in [9.17, 15) is 9.59 Å². The van der Waals surface area contributed by atoms with Crippen molar-refractivity contribution in [2.75, 3.05) is 7.11 Å². The van der Waals surface area contributed by atoms with Crippen LogP contribution in [0.2, 0.25) is 5.02 Å². The zero-order chi connectivity index (χ0) is 15.6. The van der Waals surface area contributed by atoms with Crippen LogP contribution in [0.25, 0.3) is 11.3 Å². The van der Waals surface area contributed by atoms with E-state index >= 15 is 0 Å². The van der Waals surface area contributed by atoms with E-state index in [1.165, 1.54) is 14.0 Å². The maximum Gasteiger partial charge on any atom is 0.309 e. The maximum absolute atomic E-state index is 11.7. The van der Waals surface area contributed by atoms with Crippen LogP contribution in [-0.2, 0) is 16.0 Å². The van der Waals surface area contributed by atoms with Crippen molar-refractivity contribution in [2.45, 2.75) is 20.3 Å². The van der Waals surface area contributed by atoms with Gasteiger partial charge in [-0.15, -0.1) is 0 Å². The molecule has 0 N–H and O–H groups in total. The maximum atomic E-state index is 11.7. The van der Waals surface area contributed by atoms with Gasteiger partial charge in [-0.2, -0.15) is 0 Å². The van der Waals surface area contributed by atoms with Crippen molar-refractivity contribution < 1.29 is 18.8 Å². The Labute approximate surface area is 126 Å². The molecular formula is C15H14ClNO4. The Kier molecular flexibility index (Phi) is 4.43. The molecule has 0 saturated carbocycles. The Morgan fingerprint density at radius 1 is 1.38 bits per heavy atom. The van der Waals surface area contributed by atoms with Crippen molar-refractivity contribution in [2.24, 2.45) is 0 Å².